The summed E-state index contributed by atoms with van der Waals surface area (Å²) in [7, 11) is 0. The predicted octanol–water partition coefficient (Wildman–Crippen LogP) is 2.93. The molecule has 0 aliphatic rings. The number of carboxylic acid groups (broad SMARTS) is 1. The van der Waals surface area contributed by atoms with E-state index in [0.29, 0.717) is 16.8 Å². The zero-order valence-electron chi connectivity index (χ0n) is 11.0. The van der Waals surface area contributed by atoms with Gasteiger partial charge < -0.3 is 14.6 Å². The Bertz CT molecular complexity index is 850. The first-order valence-corrected chi connectivity index (χ1v) is 6.01. The maximum absolute atomic E-state index is 13.4. The molecule has 3 N–H and O–H groups in total. The fourth-order valence-electron chi connectivity index (χ4n) is 2.07. The van der Waals surface area contributed by atoms with Crippen molar-refractivity contribution in [2.24, 2.45) is 0 Å². The van der Waals surface area contributed by atoms with E-state index in [4.69, 9.17) is 5.11 Å². The van der Waals surface area contributed by atoms with Gasteiger partial charge in [0.25, 0.3) is 0 Å². The quantitative estimate of drug-likeness (QED) is 0.625. The summed E-state index contributed by atoms with van der Waals surface area (Å²) in [5.41, 5.74) is 1.45. The maximum Gasteiger partial charge on any atom is 0.410 e. The zero-order chi connectivity index (χ0) is 15.0. The Labute approximate surface area is 134 Å². The fraction of sp³-hybridized carbons (Fsp3) is 0. The Morgan fingerprint density at radius 2 is 2.00 bits per heavy atom. The Morgan fingerprint density at radius 1 is 1.23 bits per heavy atom. The van der Waals surface area contributed by atoms with E-state index in [2.05, 4.69) is 10.3 Å². The number of anilines is 1. The van der Waals surface area contributed by atoms with Crippen molar-refractivity contribution in [2.45, 2.75) is 0 Å². The van der Waals surface area contributed by atoms with Crippen LogP contribution >= 0.6 is 0 Å². The van der Waals surface area contributed by atoms with E-state index in [1.54, 1.807) is 28.8 Å². The molecule has 3 rings (SSSR count). The van der Waals surface area contributed by atoms with Crippen LogP contribution in [0.4, 0.5) is 15.0 Å². The molecule has 0 saturated carbocycles. The molecule has 22 heavy (non-hydrogen) atoms. The van der Waals surface area contributed by atoms with Crippen LogP contribution in [0.3, 0.4) is 0 Å². The molecular weight excluding hydrogens is 333 g/mol. The number of pyridine rings is 1. The van der Waals surface area contributed by atoms with Crippen LogP contribution in [0.1, 0.15) is 0 Å². The van der Waals surface area contributed by atoms with Gasteiger partial charge in [-0.25, -0.2) is 14.2 Å². The normalized spacial score (nSPS) is 10.2. The number of phenolic OH excluding ortho intramolecular Hbond substituents is 1. The fourth-order valence-corrected chi connectivity index (χ4v) is 2.07. The Kier molecular flexibility index (Phi) is 4.35. The van der Waals surface area contributed by atoms with Crippen molar-refractivity contribution in [3.8, 4) is 16.9 Å². The van der Waals surface area contributed by atoms with Gasteiger partial charge in [0.1, 0.15) is 5.65 Å². The summed E-state index contributed by atoms with van der Waals surface area (Å²) in [5.74, 6) is -0.949. The number of aromatic nitrogens is 2. The van der Waals surface area contributed by atoms with Gasteiger partial charge >= 0.3 is 6.09 Å². The smallest absolute Gasteiger partial charge is 0.410 e. The first-order valence-electron chi connectivity index (χ1n) is 6.01. The van der Waals surface area contributed by atoms with E-state index in [1.165, 1.54) is 18.3 Å². The molecule has 2 aromatic heterocycles. The van der Waals surface area contributed by atoms with Gasteiger partial charge in [-0.3, -0.25) is 5.32 Å². The van der Waals surface area contributed by atoms with Gasteiger partial charge in [0, 0.05) is 34.4 Å². The Balaban J connectivity index is 0.00000176. The first kappa shape index (κ1) is 15.8. The summed E-state index contributed by atoms with van der Waals surface area (Å²) < 4.78 is 15.0. The monoisotopic (exact) mass is 343 g/mol. The van der Waals surface area contributed by atoms with Crippen LogP contribution in [-0.4, -0.2) is 25.7 Å². The number of hydrogen-bond acceptors (Lipinski definition) is 3. The number of nitrogens with zero attached hydrogens (tertiary/aromatic N) is 2. The molecule has 0 fully saturated rings. The summed E-state index contributed by atoms with van der Waals surface area (Å²) in [6.07, 6.45) is 1.91. The second-order valence-corrected chi connectivity index (χ2v) is 4.38. The number of hydrogen-bond donors (Lipinski definition) is 3. The largest absolute Gasteiger partial charge is 0.504 e. The summed E-state index contributed by atoms with van der Waals surface area (Å²) in [4.78, 5) is 14.6. The molecule has 6 nitrogen and oxygen atoms in total. The molecular formula is C14H10FFeN3O3. The van der Waals surface area contributed by atoms with Crippen LogP contribution < -0.4 is 5.32 Å². The second-order valence-electron chi connectivity index (χ2n) is 4.38. The predicted molar refractivity (Wildman–Crippen MR) is 73.9 cm³/mol. The molecule has 0 saturated heterocycles. The molecule has 114 valence electrons. The molecule has 1 aromatic carbocycles. The number of para-hydroxylation sites is 1. The minimum atomic E-state index is -1.21. The minimum Gasteiger partial charge on any atom is -0.504 e. The van der Waals surface area contributed by atoms with Crippen LogP contribution in [0.25, 0.3) is 16.8 Å². The van der Waals surface area contributed by atoms with Crippen molar-refractivity contribution in [3.05, 3.63) is 48.5 Å². The molecule has 0 atom stereocenters. The molecule has 2 heterocycles. The van der Waals surface area contributed by atoms with Crippen LogP contribution in [0.15, 0.2) is 42.7 Å². The van der Waals surface area contributed by atoms with Gasteiger partial charge in [-0.15, -0.1) is 0 Å². The number of aromatic hydroxyl groups is 1. The third-order valence-corrected chi connectivity index (χ3v) is 2.98. The van der Waals surface area contributed by atoms with Crippen LogP contribution in [0.5, 0.6) is 5.75 Å². The van der Waals surface area contributed by atoms with Crippen molar-refractivity contribution in [1.29, 1.82) is 0 Å². The Morgan fingerprint density at radius 3 is 2.73 bits per heavy atom. The molecule has 8 heteroatoms. The summed E-state index contributed by atoms with van der Waals surface area (Å²) >= 11 is 0. The molecule has 0 bridgehead atoms. The SMILES string of the molecule is O=C(O)Nc1cn2cc(-c3cccc(F)c3O)ccc2n1.[Fe]. The van der Waals surface area contributed by atoms with E-state index in [-0.39, 0.29) is 22.9 Å². The molecule has 0 unspecified atom stereocenters. The van der Waals surface area contributed by atoms with E-state index in [1.807, 2.05) is 0 Å². The molecule has 0 spiro atoms. The molecule has 0 aliphatic carbocycles. The number of benzene rings is 1. The first-order chi connectivity index (χ1) is 10.0. The number of rotatable bonds is 2. The second kappa shape index (κ2) is 6.05. The number of phenols is 1. The maximum atomic E-state index is 13.4. The van der Waals surface area contributed by atoms with Crippen molar-refractivity contribution in [1.82, 2.24) is 9.38 Å². The molecule has 3 aromatic rings. The average Bonchev–Trinajstić information content (AvgIpc) is 2.82. The van der Waals surface area contributed by atoms with Crippen LogP contribution in [0, 0.1) is 5.82 Å². The molecule has 0 radical (unpaired) electrons. The Hall–Kier alpha value is -2.57. The standard InChI is InChI=1S/C14H10FN3O3.Fe/c15-10-3-1-2-9(13(10)19)8-4-5-12-16-11(17-14(20)21)7-18(12)6-8;/h1-7,17,19H,(H,20,21);. The van der Waals surface area contributed by atoms with Crippen LogP contribution in [0.2, 0.25) is 0 Å². The van der Waals surface area contributed by atoms with Gasteiger partial charge in [0.2, 0.25) is 0 Å². The van der Waals surface area contributed by atoms with Crippen molar-refractivity contribution in [2.75, 3.05) is 5.32 Å². The van der Waals surface area contributed by atoms with E-state index in [0.717, 1.165) is 0 Å². The summed E-state index contributed by atoms with van der Waals surface area (Å²) in [6.45, 7) is 0. The molecule has 0 aliphatic heterocycles. The number of nitrogens with one attached hydrogen (secondary N) is 1. The number of imidazole rings is 1. The third-order valence-electron chi connectivity index (χ3n) is 2.98. The minimum absolute atomic E-state index is 0. The van der Waals surface area contributed by atoms with Gasteiger partial charge in [0.05, 0.1) is 6.20 Å². The topological polar surface area (TPSA) is 86.9 Å². The van der Waals surface area contributed by atoms with E-state index >= 15 is 0 Å². The third kappa shape index (κ3) is 2.88. The average molecular weight is 343 g/mol. The van der Waals surface area contributed by atoms with Gasteiger partial charge in [-0.2, -0.15) is 0 Å². The number of fused-ring (bicyclic) bond motifs is 1. The van der Waals surface area contributed by atoms with Crippen molar-refractivity contribution < 1.29 is 36.5 Å². The van der Waals surface area contributed by atoms with Gasteiger partial charge in [-0.1, -0.05) is 12.1 Å². The molecule has 1 amide bonds. The van der Waals surface area contributed by atoms with Gasteiger partial charge in [0.15, 0.2) is 17.4 Å². The van der Waals surface area contributed by atoms with Gasteiger partial charge in [-0.05, 0) is 18.2 Å². The van der Waals surface area contributed by atoms with Crippen molar-refractivity contribution in [3.63, 3.8) is 0 Å². The number of halogens is 1. The van der Waals surface area contributed by atoms with Crippen LogP contribution in [-0.2, 0) is 17.1 Å². The number of carbonyl (C=O) groups is 1. The number of amides is 1. The summed E-state index contributed by atoms with van der Waals surface area (Å²) in [5, 5.41) is 20.6. The van der Waals surface area contributed by atoms with E-state index in [9.17, 15) is 14.3 Å². The zero-order valence-corrected chi connectivity index (χ0v) is 12.1. The van der Waals surface area contributed by atoms with Crippen molar-refractivity contribution >= 4 is 17.6 Å². The summed E-state index contributed by atoms with van der Waals surface area (Å²) in [6, 6.07) is 7.57. The van der Waals surface area contributed by atoms with E-state index < -0.39 is 17.7 Å².